The van der Waals surface area contributed by atoms with Crippen LogP contribution in [-0.2, 0) is 25.5 Å². The summed E-state index contributed by atoms with van der Waals surface area (Å²) in [6.07, 6.45) is 5.88. The summed E-state index contributed by atoms with van der Waals surface area (Å²) < 4.78 is 99.4. The number of hydrogen-bond donors (Lipinski definition) is 0. The maximum absolute atomic E-state index is 9.24. The summed E-state index contributed by atoms with van der Waals surface area (Å²) in [7, 11) is 0. The number of fused-ring (bicyclic) bond motifs is 3. The zero-order valence-corrected chi connectivity index (χ0v) is 43.9. The van der Waals surface area contributed by atoms with E-state index in [4.69, 9.17) is 23.1 Å². The van der Waals surface area contributed by atoms with E-state index in [2.05, 4.69) is 111 Å². The maximum atomic E-state index is 9.24. The van der Waals surface area contributed by atoms with Crippen LogP contribution < -0.4 is 0 Å². The fraction of sp³-hybridized carbons (Fsp3) is 0.375. The Morgan fingerprint density at radius 2 is 1.41 bits per heavy atom. The summed E-state index contributed by atoms with van der Waals surface area (Å²) in [6, 6.07) is 34.4. The Balaban J connectivity index is 0.000000231. The number of para-hydroxylation sites is 1. The van der Waals surface area contributed by atoms with Gasteiger partial charge in [-0.1, -0.05) is 166 Å². The van der Waals surface area contributed by atoms with E-state index >= 15 is 0 Å². The van der Waals surface area contributed by atoms with Gasteiger partial charge in [-0.2, -0.15) is 0 Å². The summed E-state index contributed by atoms with van der Waals surface area (Å²) in [5, 5.41) is 1.76. The fourth-order valence-electron chi connectivity index (χ4n) is 9.23. The molecule has 0 N–H and O–H groups in total. The van der Waals surface area contributed by atoms with Crippen LogP contribution in [-0.4, -0.2) is 9.97 Å². The van der Waals surface area contributed by atoms with Crippen LogP contribution in [0.1, 0.15) is 185 Å². The third-order valence-electron chi connectivity index (χ3n) is 13.6. The number of rotatable bonds is 8. The van der Waals surface area contributed by atoms with Crippen molar-refractivity contribution in [2.24, 2.45) is 5.41 Å². The first-order valence-corrected chi connectivity index (χ1v) is 23.9. The Labute approximate surface area is 437 Å². The van der Waals surface area contributed by atoms with E-state index in [1.165, 1.54) is 35.0 Å². The minimum atomic E-state index is -2.66. The fourth-order valence-corrected chi connectivity index (χ4v) is 9.23. The minimum Gasteiger partial charge on any atom is -0.501 e. The molecule has 1 saturated carbocycles. The summed E-state index contributed by atoms with van der Waals surface area (Å²) >= 11 is 0. The molecule has 5 aromatic carbocycles. The van der Waals surface area contributed by atoms with Gasteiger partial charge >= 0.3 is 0 Å². The molecule has 1 fully saturated rings. The van der Waals surface area contributed by atoms with Gasteiger partial charge in [0, 0.05) is 51.6 Å². The van der Waals surface area contributed by atoms with Crippen LogP contribution in [0.3, 0.4) is 0 Å². The summed E-state index contributed by atoms with van der Waals surface area (Å²) in [4.78, 5) is 9.20. The van der Waals surface area contributed by atoms with Gasteiger partial charge in [-0.15, -0.1) is 47.5 Å². The molecule has 0 bridgehead atoms. The van der Waals surface area contributed by atoms with E-state index in [1.807, 2.05) is 48.7 Å². The molecule has 0 spiro atoms. The van der Waals surface area contributed by atoms with Gasteiger partial charge in [0.2, 0.25) is 0 Å². The number of aryl methyl sites for hydroxylation is 3. The molecule has 8 aromatic rings. The summed E-state index contributed by atoms with van der Waals surface area (Å²) in [5.74, 6) is -0.122. The van der Waals surface area contributed by atoms with Crippen molar-refractivity contribution in [3.8, 4) is 44.8 Å². The molecule has 3 heterocycles. The molecule has 1 radical (unpaired) electrons. The van der Waals surface area contributed by atoms with Crippen LogP contribution >= 0.6 is 0 Å². The Morgan fingerprint density at radius 3 is 2.04 bits per heavy atom. The Kier molecular flexibility index (Phi) is 11.3. The van der Waals surface area contributed by atoms with E-state index in [0.717, 1.165) is 51.6 Å². The summed E-state index contributed by atoms with van der Waals surface area (Å²) in [6.45, 7) is 16.5. The van der Waals surface area contributed by atoms with Crippen LogP contribution in [0.4, 0.5) is 0 Å². The molecule has 0 saturated heterocycles. The molecule has 0 atom stereocenters. The Morgan fingerprint density at radius 1 is 0.721 bits per heavy atom. The average molecular weight is 1090 g/mol. The molecule has 9 rings (SSSR count). The first-order chi connectivity index (χ1) is 36.2. The van der Waals surface area contributed by atoms with Crippen LogP contribution in [0.2, 0.25) is 0 Å². The van der Waals surface area contributed by atoms with Crippen molar-refractivity contribution in [1.82, 2.24) is 9.97 Å². The van der Waals surface area contributed by atoms with Crippen molar-refractivity contribution in [3.63, 3.8) is 0 Å². The molecule has 4 heteroatoms. The van der Waals surface area contributed by atoms with Crippen LogP contribution in [0, 0.1) is 38.1 Å². The van der Waals surface area contributed by atoms with Gasteiger partial charge in [0.1, 0.15) is 5.58 Å². The zero-order chi connectivity index (χ0) is 57.2. The molecule has 3 aromatic heterocycles. The second-order valence-electron chi connectivity index (χ2n) is 21.1. The Hall–Kier alpha value is -5.15. The number of benzene rings is 5. The van der Waals surface area contributed by atoms with E-state index in [1.54, 1.807) is 18.2 Å². The molecule has 0 amide bonds. The van der Waals surface area contributed by atoms with Crippen LogP contribution in [0.25, 0.3) is 66.7 Å². The monoisotopic (exact) mass is 1090 g/mol. The molecule has 0 unspecified atom stereocenters. The number of furan rings is 1. The van der Waals surface area contributed by atoms with Crippen molar-refractivity contribution in [3.05, 3.63) is 166 Å². The van der Waals surface area contributed by atoms with Crippen molar-refractivity contribution in [2.45, 2.75) is 151 Å². The standard InChI is InChI=1S/C33H32NO.C31H40N.Ir/c1-21-18-24(23-14-16-33(3,4)17-15-23)12-13-25(21)29-19-30(34-20-22(29)2)28-10-7-9-27-26-8-5-6-11-31(26)35-32(27)28;1-19(2)24-16-26(20(3)4)30(27(17-24)21(5)6)28-15-23(12-11-22(28)7)29-14-13-25(18-32-29)31(8,9)10;/h5-9,11-13,18-20,23H,14-17H2,1-4H3;11,13-21H,1-10H3;/q2*-1;/i1D3,2D3,13D,23D;7D3;. The first-order valence-electron chi connectivity index (χ1n) is 29.4. The summed E-state index contributed by atoms with van der Waals surface area (Å²) in [5.41, 5.74) is 11.1. The SMILES string of the molecule is [2H]C([2H])([2H])c1c[c-]c(-c2ccc(C(C)(C)C)cn2)cc1-c1c(C(C)C)cc(C(C)C)cc1C(C)C.[2H]c1cc(C2([2H])CCC(C)(C)CC2)cc(C([2H])([2H])[2H])c1-c1cc(-c2[c-]ccc3c2oc2ccccc23)ncc1C([2H])([2H])[2H].[Ir]. The molecule has 1 aliphatic rings. The van der Waals surface area contributed by atoms with Crippen molar-refractivity contribution < 1.29 is 39.6 Å². The Bertz CT molecular complexity index is 3470. The van der Waals surface area contributed by atoms with Gasteiger partial charge in [-0.3, -0.25) is 0 Å². The van der Waals surface area contributed by atoms with Crippen molar-refractivity contribution in [2.75, 3.05) is 0 Å². The van der Waals surface area contributed by atoms with Gasteiger partial charge in [0.05, 0.1) is 6.95 Å². The van der Waals surface area contributed by atoms with E-state index in [9.17, 15) is 1.37 Å². The number of aromatic nitrogens is 2. The molecule has 355 valence electrons. The molecule has 0 aliphatic heterocycles. The van der Waals surface area contributed by atoms with Crippen molar-refractivity contribution in [1.29, 1.82) is 0 Å². The molecule has 3 nitrogen and oxygen atoms in total. The third-order valence-corrected chi connectivity index (χ3v) is 13.6. The number of pyridine rings is 2. The molecular weight excluding hydrogens is 1000 g/mol. The van der Waals surface area contributed by atoms with Crippen molar-refractivity contribution >= 4 is 21.9 Å². The maximum Gasteiger partial charge on any atom is 0.120 e. The predicted octanol–water partition coefficient (Wildman–Crippen LogP) is 18.6. The second kappa shape index (κ2) is 20.4. The van der Waals surface area contributed by atoms with Gasteiger partial charge in [-0.05, 0) is 147 Å². The second-order valence-corrected chi connectivity index (χ2v) is 21.1. The molecular formula is C64H72IrN2O-2. The van der Waals surface area contributed by atoms with E-state index in [0.29, 0.717) is 52.3 Å². The smallest absolute Gasteiger partial charge is 0.120 e. The van der Waals surface area contributed by atoms with Gasteiger partial charge in [0.25, 0.3) is 0 Å². The molecule has 1 aliphatic carbocycles. The van der Waals surface area contributed by atoms with Gasteiger partial charge in [-0.25, -0.2) is 0 Å². The predicted molar refractivity (Wildman–Crippen MR) is 285 cm³/mol. The van der Waals surface area contributed by atoms with Crippen LogP contribution in [0.15, 0.2) is 114 Å². The van der Waals surface area contributed by atoms with E-state index in [-0.39, 0.29) is 71.1 Å². The average Bonchev–Trinajstić information content (AvgIpc) is 3.80. The normalized spacial score (nSPS) is 17.5. The van der Waals surface area contributed by atoms with E-state index < -0.39 is 26.4 Å². The quantitative estimate of drug-likeness (QED) is 0.142. The topological polar surface area (TPSA) is 38.9 Å². The zero-order valence-electron chi connectivity index (χ0n) is 52.5. The largest absolute Gasteiger partial charge is 0.501 e. The van der Waals surface area contributed by atoms with Crippen LogP contribution in [0.5, 0.6) is 0 Å². The number of hydrogen-bond acceptors (Lipinski definition) is 3. The third kappa shape index (κ3) is 10.7. The first kappa shape index (κ1) is 37.7. The van der Waals surface area contributed by atoms with Gasteiger partial charge < -0.3 is 14.4 Å². The number of nitrogens with zero attached hydrogens (tertiary/aromatic N) is 2. The van der Waals surface area contributed by atoms with Gasteiger partial charge in [0.15, 0.2) is 0 Å². The minimum absolute atomic E-state index is 0. The molecule has 68 heavy (non-hydrogen) atoms.